The van der Waals surface area contributed by atoms with E-state index in [4.69, 9.17) is 14.2 Å². The number of rotatable bonds is 6. The summed E-state index contributed by atoms with van der Waals surface area (Å²) in [6, 6.07) is 17.1. The van der Waals surface area contributed by atoms with Crippen molar-refractivity contribution >= 4 is 0 Å². The molecule has 2 aromatic carbocycles. The average Bonchev–Trinajstić information content (AvgIpc) is 3.56. The molecule has 2 fully saturated rings. The number of hydrogen-bond donors (Lipinski definition) is 0. The highest BCUT2D eigenvalue weighted by molar-refractivity contribution is 5.44. The Bertz CT molecular complexity index is 802. The van der Waals surface area contributed by atoms with Crippen molar-refractivity contribution in [3.05, 3.63) is 70.8 Å². The summed E-state index contributed by atoms with van der Waals surface area (Å²) in [7, 11) is 0. The maximum absolute atomic E-state index is 5.85. The van der Waals surface area contributed by atoms with Crippen molar-refractivity contribution in [3.8, 4) is 11.8 Å². The minimum absolute atomic E-state index is 0.309. The molecule has 3 heteroatoms. The summed E-state index contributed by atoms with van der Waals surface area (Å²) < 4.78 is 16.5. The molecule has 4 rings (SSSR count). The predicted octanol–water partition coefficient (Wildman–Crippen LogP) is 4.81. The van der Waals surface area contributed by atoms with Crippen LogP contribution in [0.5, 0.6) is 0 Å². The zero-order valence-electron chi connectivity index (χ0n) is 16.5. The Balaban J connectivity index is 1.23. The lowest BCUT2D eigenvalue weighted by Gasteiger charge is -2.28. The summed E-state index contributed by atoms with van der Waals surface area (Å²) >= 11 is 0. The highest BCUT2D eigenvalue weighted by Gasteiger charge is 2.24. The lowest BCUT2D eigenvalue weighted by Crippen LogP contribution is -2.22. The molecule has 1 aliphatic carbocycles. The minimum Gasteiger partial charge on any atom is -0.371 e. The van der Waals surface area contributed by atoms with Crippen LogP contribution in [0.4, 0.5) is 0 Å². The normalized spacial score (nSPS) is 23.7. The van der Waals surface area contributed by atoms with Crippen LogP contribution < -0.4 is 0 Å². The largest absolute Gasteiger partial charge is 0.371 e. The van der Waals surface area contributed by atoms with E-state index in [1.807, 2.05) is 0 Å². The molecule has 1 aliphatic heterocycles. The first kappa shape index (κ1) is 19.2. The smallest absolute Gasteiger partial charge is 0.147 e. The lowest BCUT2D eigenvalue weighted by atomic mass is 9.82. The molecule has 3 nitrogen and oxygen atoms in total. The van der Waals surface area contributed by atoms with Crippen molar-refractivity contribution < 1.29 is 14.2 Å². The molecule has 1 saturated heterocycles. The SMILES string of the molecule is Cc1ccc(C#Cc2ccc(C3CCC(OCOCC4CO4)CC3)cc2)cc1. The molecule has 0 spiro atoms. The standard InChI is InChI=1S/C25H28O3/c1-19-2-4-20(5-3-19)6-7-21-8-10-22(11-9-21)23-12-14-24(15-13-23)28-18-26-16-25-17-27-25/h2-5,8-11,23-25H,12-18H2,1H3. The Morgan fingerprint density at radius 1 is 0.893 bits per heavy atom. The summed E-state index contributed by atoms with van der Waals surface area (Å²) in [5.74, 6) is 7.13. The molecular formula is C25H28O3. The minimum atomic E-state index is 0.309. The van der Waals surface area contributed by atoms with Gasteiger partial charge < -0.3 is 14.2 Å². The van der Waals surface area contributed by atoms with Crippen LogP contribution in [0.25, 0.3) is 0 Å². The van der Waals surface area contributed by atoms with Crippen molar-refractivity contribution in [1.82, 2.24) is 0 Å². The van der Waals surface area contributed by atoms with E-state index in [1.165, 1.54) is 24.0 Å². The highest BCUT2D eigenvalue weighted by Crippen LogP contribution is 2.34. The van der Waals surface area contributed by atoms with Crippen molar-refractivity contribution in [1.29, 1.82) is 0 Å². The van der Waals surface area contributed by atoms with Crippen molar-refractivity contribution in [3.63, 3.8) is 0 Å². The van der Waals surface area contributed by atoms with Crippen LogP contribution in [0.15, 0.2) is 48.5 Å². The Morgan fingerprint density at radius 3 is 2.11 bits per heavy atom. The van der Waals surface area contributed by atoms with Gasteiger partial charge in [-0.25, -0.2) is 0 Å². The quantitative estimate of drug-likeness (QED) is 0.314. The third kappa shape index (κ3) is 5.69. The first-order valence-corrected chi connectivity index (χ1v) is 10.3. The number of ether oxygens (including phenoxy) is 3. The third-order valence-corrected chi connectivity index (χ3v) is 5.55. The maximum atomic E-state index is 5.85. The lowest BCUT2D eigenvalue weighted by molar-refractivity contribution is -0.102. The second kappa shape index (κ2) is 9.39. The van der Waals surface area contributed by atoms with Crippen LogP contribution >= 0.6 is 0 Å². The fourth-order valence-corrected chi connectivity index (χ4v) is 3.67. The zero-order valence-corrected chi connectivity index (χ0v) is 16.5. The van der Waals surface area contributed by atoms with Gasteiger partial charge in [0.1, 0.15) is 12.9 Å². The van der Waals surface area contributed by atoms with Crippen LogP contribution in [0.2, 0.25) is 0 Å². The highest BCUT2D eigenvalue weighted by atomic mass is 16.7. The molecule has 1 saturated carbocycles. The number of epoxide rings is 1. The van der Waals surface area contributed by atoms with Gasteiger partial charge in [0.05, 0.1) is 19.3 Å². The molecule has 0 radical (unpaired) electrons. The summed E-state index contributed by atoms with van der Waals surface area (Å²) in [4.78, 5) is 0. The van der Waals surface area contributed by atoms with E-state index in [2.05, 4.69) is 67.3 Å². The third-order valence-electron chi connectivity index (χ3n) is 5.55. The van der Waals surface area contributed by atoms with Gasteiger partial charge >= 0.3 is 0 Å². The number of hydrogen-bond acceptors (Lipinski definition) is 3. The maximum Gasteiger partial charge on any atom is 0.147 e. The van der Waals surface area contributed by atoms with Crippen LogP contribution in [0.1, 0.15) is 53.9 Å². The first-order chi connectivity index (χ1) is 13.8. The molecule has 0 amide bonds. The van der Waals surface area contributed by atoms with Gasteiger partial charge in [0.2, 0.25) is 0 Å². The van der Waals surface area contributed by atoms with Crippen LogP contribution in [0, 0.1) is 18.8 Å². The second-order valence-corrected chi connectivity index (χ2v) is 7.82. The predicted molar refractivity (Wildman–Crippen MR) is 110 cm³/mol. The van der Waals surface area contributed by atoms with E-state index in [0.717, 1.165) is 30.6 Å². The van der Waals surface area contributed by atoms with E-state index in [0.29, 0.717) is 31.5 Å². The van der Waals surface area contributed by atoms with Gasteiger partial charge in [-0.3, -0.25) is 0 Å². The molecule has 2 aliphatic rings. The topological polar surface area (TPSA) is 31.0 Å². The molecule has 28 heavy (non-hydrogen) atoms. The Kier molecular flexibility index (Phi) is 6.44. The van der Waals surface area contributed by atoms with E-state index in [-0.39, 0.29) is 0 Å². The van der Waals surface area contributed by atoms with Gasteiger partial charge in [-0.1, -0.05) is 41.7 Å². The van der Waals surface area contributed by atoms with Crippen molar-refractivity contribution in [2.75, 3.05) is 20.0 Å². The van der Waals surface area contributed by atoms with E-state index >= 15 is 0 Å². The second-order valence-electron chi connectivity index (χ2n) is 7.82. The Morgan fingerprint density at radius 2 is 1.50 bits per heavy atom. The summed E-state index contributed by atoms with van der Waals surface area (Å²) in [6.07, 6.45) is 5.18. The first-order valence-electron chi connectivity index (χ1n) is 10.3. The molecule has 1 heterocycles. The molecule has 1 unspecified atom stereocenters. The molecule has 0 N–H and O–H groups in total. The van der Waals surface area contributed by atoms with Gasteiger partial charge in [0.25, 0.3) is 0 Å². The molecule has 0 aromatic heterocycles. The Hall–Kier alpha value is -2.12. The number of aryl methyl sites for hydroxylation is 1. The zero-order chi connectivity index (χ0) is 19.2. The fourth-order valence-electron chi connectivity index (χ4n) is 3.67. The van der Waals surface area contributed by atoms with Gasteiger partial charge in [0, 0.05) is 11.1 Å². The van der Waals surface area contributed by atoms with Crippen LogP contribution in [0.3, 0.4) is 0 Å². The van der Waals surface area contributed by atoms with E-state index in [1.54, 1.807) is 0 Å². The van der Waals surface area contributed by atoms with E-state index in [9.17, 15) is 0 Å². The van der Waals surface area contributed by atoms with Gasteiger partial charge in [-0.05, 0) is 68.4 Å². The van der Waals surface area contributed by atoms with Gasteiger partial charge in [-0.2, -0.15) is 0 Å². The molecule has 1 atom stereocenters. The van der Waals surface area contributed by atoms with Gasteiger partial charge in [0.15, 0.2) is 0 Å². The molecule has 146 valence electrons. The molecular weight excluding hydrogens is 348 g/mol. The molecule has 0 bridgehead atoms. The monoisotopic (exact) mass is 376 g/mol. The fraction of sp³-hybridized carbons (Fsp3) is 0.440. The van der Waals surface area contributed by atoms with Crippen LogP contribution in [-0.4, -0.2) is 32.2 Å². The van der Waals surface area contributed by atoms with Crippen LogP contribution in [-0.2, 0) is 14.2 Å². The van der Waals surface area contributed by atoms with Crippen molar-refractivity contribution in [2.45, 2.75) is 50.7 Å². The molecule has 2 aromatic rings. The average molecular weight is 376 g/mol. The summed E-state index contributed by atoms with van der Waals surface area (Å²) in [5.41, 5.74) is 4.80. The summed E-state index contributed by atoms with van der Waals surface area (Å²) in [6.45, 7) is 3.98. The van der Waals surface area contributed by atoms with E-state index < -0.39 is 0 Å². The number of benzene rings is 2. The Labute approximate surface area is 168 Å². The summed E-state index contributed by atoms with van der Waals surface area (Å²) in [5, 5.41) is 0. The van der Waals surface area contributed by atoms with Crippen molar-refractivity contribution in [2.24, 2.45) is 0 Å². The van der Waals surface area contributed by atoms with Gasteiger partial charge in [-0.15, -0.1) is 0 Å².